The molecule has 7 heteroatoms. The lowest BCUT2D eigenvalue weighted by molar-refractivity contribution is -0.120. The van der Waals surface area contributed by atoms with Gasteiger partial charge in [-0.2, -0.15) is 0 Å². The van der Waals surface area contributed by atoms with Crippen LogP contribution in [0.25, 0.3) is 10.2 Å². The second kappa shape index (κ2) is 6.67. The van der Waals surface area contributed by atoms with Crippen molar-refractivity contribution in [1.29, 1.82) is 0 Å². The molecule has 22 heavy (non-hydrogen) atoms. The van der Waals surface area contributed by atoms with E-state index in [1.165, 1.54) is 11.3 Å². The monoisotopic (exact) mass is 331 g/mol. The Hall–Kier alpha value is -2.25. The van der Waals surface area contributed by atoms with Crippen molar-refractivity contribution in [3.8, 4) is 0 Å². The molecular weight excluding hydrogens is 318 g/mol. The molecule has 0 aliphatic rings. The fourth-order valence-corrected chi connectivity index (χ4v) is 3.35. The van der Waals surface area contributed by atoms with E-state index in [-0.39, 0.29) is 12.5 Å². The standard InChI is InChI=1S/C15H13N3O2S2/c1-10(12-7-4-8-21-12)18-20-9-14(19)17-15-16-11-5-2-3-6-13(11)22-15/h2-8H,9H2,1H3,(H,16,17,19)/b18-10+. The summed E-state index contributed by atoms with van der Waals surface area (Å²) in [6.45, 7) is 1.70. The van der Waals surface area contributed by atoms with Crippen molar-refractivity contribution in [3.63, 3.8) is 0 Å². The van der Waals surface area contributed by atoms with Crippen molar-refractivity contribution in [2.75, 3.05) is 11.9 Å². The Morgan fingerprint density at radius 2 is 2.18 bits per heavy atom. The molecule has 0 bridgehead atoms. The largest absolute Gasteiger partial charge is 0.385 e. The first-order valence-corrected chi connectivity index (χ1v) is 8.28. The van der Waals surface area contributed by atoms with Gasteiger partial charge in [0.25, 0.3) is 5.91 Å². The smallest absolute Gasteiger partial charge is 0.266 e. The van der Waals surface area contributed by atoms with E-state index in [0.29, 0.717) is 5.13 Å². The minimum atomic E-state index is -0.276. The van der Waals surface area contributed by atoms with Crippen LogP contribution < -0.4 is 5.32 Å². The van der Waals surface area contributed by atoms with Gasteiger partial charge in [0.15, 0.2) is 11.7 Å². The predicted molar refractivity (Wildman–Crippen MR) is 90.7 cm³/mol. The molecular formula is C15H13N3O2S2. The number of nitrogens with zero attached hydrogens (tertiary/aromatic N) is 2. The van der Waals surface area contributed by atoms with E-state index >= 15 is 0 Å². The lowest BCUT2D eigenvalue weighted by atomic mass is 10.3. The van der Waals surface area contributed by atoms with Crippen molar-refractivity contribution in [2.24, 2.45) is 5.16 Å². The number of para-hydroxylation sites is 1. The second-order valence-electron chi connectivity index (χ2n) is 4.46. The third-order valence-corrected chi connectivity index (χ3v) is 4.75. The van der Waals surface area contributed by atoms with Gasteiger partial charge in [-0.15, -0.1) is 11.3 Å². The number of rotatable bonds is 5. The van der Waals surface area contributed by atoms with E-state index in [2.05, 4.69) is 15.5 Å². The first kappa shape index (κ1) is 14.7. The normalized spacial score (nSPS) is 11.6. The van der Waals surface area contributed by atoms with E-state index in [9.17, 15) is 4.79 Å². The van der Waals surface area contributed by atoms with Gasteiger partial charge in [0.2, 0.25) is 0 Å². The van der Waals surface area contributed by atoms with Gasteiger partial charge in [-0.1, -0.05) is 34.7 Å². The van der Waals surface area contributed by atoms with Crippen molar-refractivity contribution in [1.82, 2.24) is 4.98 Å². The predicted octanol–water partition coefficient (Wildman–Crippen LogP) is 3.74. The SMILES string of the molecule is C/C(=N\OCC(=O)Nc1nc2ccccc2s1)c1cccs1. The molecule has 1 N–H and O–H groups in total. The van der Waals surface area contributed by atoms with E-state index in [4.69, 9.17) is 4.84 Å². The Balaban J connectivity index is 1.55. The van der Waals surface area contributed by atoms with E-state index in [1.54, 1.807) is 11.3 Å². The van der Waals surface area contributed by atoms with Crippen LogP contribution in [0.2, 0.25) is 0 Å². The molecule has 0 fully saturated rings. The quantitative estimate of drug-likeness (QED) is 0.572. The van der Waals surface area contributed by atoms with Gasteiger partial charge in [0.1, 0.15) is 0 Å². The summed E-state index contributed by atoms with van der Waals surface area (Å²) in [5.41, 5.74) is 1.62. The van der Waals surface area contributed by atoms with Crippen LogP contribution in [0.3, 0.4) is 0 Å². The Morgan fingerprint density at radius 3 is 2.95 bits per heavy atom. The molecule has 5 nitrogen and oxygen atoms in total. The number of hydrogen-bond acceptors (Lipinski definition) is 6. The third kappa shape index (κ3) is 3.49. The molecule has 0 atom stereocenters. The number of nitrogens with one attached hydrogen (secondary N) is 1. The zero-order valence-corrected chi connectivity index (χ0v) is 13.4. The number of carbonyl (C=O) groups excluding carboxylic acids is 1. The molecule has 3 rings (SSSR count). The molecule has 0 aliphatic carbocycles. The van der Waals surface area contributed by atoms with E-state index in [0.717, 1.165) is 20.8 Å². The number of fused-ring (bicyclic) bond motifs is 1. The number of benzene rings is 1. The molecule has 0 unspecified atom stereocenters. The highest BCUT2D eigenvalue weighted by molar-refractivity contribution is 7.22. The third-order valence-electron chi connectivity index (χ3n) is 2.82. The van der Waals surface area contributed by atoms with Crippen LogP contribution in [0.15, 0.2) is 46.9 Å². The molecule has 0 radical (unpaired) electrons. The van der Waals surface area contributed by atoms with Crippen molar-refractivity contribution < 1.29 is 9.63 Å². The van der Waals surface area contributed by atoms with Crippen LogP contribution in [0, 0.1) is 0 Å². The number of amides is 1. The Morgan fingerprint density at radius 1 is 1.32 bits per heavy atom. The maximum atomic E-state index is 11.8. The van der Waals surface area contributed by atoms with Gasteiger partial charge < -0.3 is 4.84 Å². The molecule has 2 heterocycles. The number of anilines is 1. The van der Waals surface area contributed by atoms with Gasteiger partial charge in [0.05, 0.1) is 20.8 Å². The van der Waals surface area contributed by atoms with Crippen molar-refractivity contribution >= 4 is 49.6 Å². The van der Waals surface area contributed by atoms with Crippen molar-refractivity contribution in [2.45, 2.75) is 6.92 Å². The highest BCUT2D eigenvalue weighted by Crippen LogP contribution is 2.25. The van der Waals surface area contributed by atoms with Crippen molar-refractivity contribution in [3.05, 3.63) is 46.7 Å². The van der Waals surface area contributed by atoms with Gasteiger partial charge in [-0.3, -0.25) is 10.1 Å². The first-order chi connectivity index (χ1) is 10.7. The summed E-state index contributed by atoms with van der Waals surface area (Å²) < 4.78 is 1.03. The summed E-state index contributed by atoms with van der Waals surface area (Å²) in [6, 6.07) is 11.6. The number of hydrogen-bond donors (Lipinski definition) is 1. The molecule has 2 aromatic heterocycles. The van der Waals surface area contributed by atoms with Gasteiger partial charge >= 0.3 is 0 Å². The fourth-order valence-electron chi connectivity index (χ4n) is 1.80. The molecule has 1 amide bonds. The molecule has 0 aliphatic heterocycles. The molecule has 112 valence electrons. The highest BCUT2D eigenvalue weighted by atomic mass is 32.1. The first-order valence-electron chi connectivity index (χ1n) is 6.58. The number of carbonyl (C=O) groups is 1. The van der Waals surface area contributed by atoms with Crippen LogP contribution in [0.1, 0.15) is 11.8 Å². The lowest BCUT2D eigenvalue weighted by Gasteiger charge is -2.01. The summed E-state index contributed by atoms with van der Waals surface area (Å²) in [4.78, 5) is 22.3. The van der Waals surface area contributed by atoms with Crippen LogP contribution >= 0.6 is 22.7 Å². The fraction of sp³-hybridized carbons (Fsp3) is 0.133. The number of oxime groups is 1. The van der Waals surface area contributed by atoms with Gasteiger partial charge in [-0.25, -0.2) is 4.98 Å². The number of thiazole rings is 1. The van der Waals surface area contributed by atoms with Crippen LogP contribution in [0.4, 0.5) is 5.13 Å². The van der Waals surface area contributed by atoms with Gasteiger partial charge in [-0.05, 0) is 30.5 Å². The Bertz CT molecular complexity index is 776. The zero-order valence-electron chi connectivity index (χ0n) is 11.8. The summed E-state index contributed by atoms with van der Waals surface area (Å²) in [5.74, 6) is -0.276. The molecule has 0 saturated heterocycles. The topological polar surface area (TPSA) is 63.6 Å². The van der Waals surface area contributed by atoms with E-state index < -0.39 is 0 Å². The van der Waals surface area contributed by atoms with Crippen LogP contribution in [-0.2, 0) is 9.63 Å². The maximum Gasteiger partial charge on any atom is 0.266 e. The Labute approximate surface area is 135 Å². The minimum Gasteiger partial charge on any atom is -0.385 e. The highest BCUT2D eigenvalue weighted by Gasteiger charge is 2.08. The second-order valence-corrected chi connectivity index (χ2v) is 6.44. The summed E-state index contributed by atoms with van der Waals surface area (Å²) in [6.07, 6.45) is 0. The van der Waals surface area contributed by atoms with Gasteiger partial charge in [0, 0.05) is 0 Å². The molecule has 3 aromatic rings. The molecule has 1 aromatic carbocycles. The molecule has 0 saturated carbocycles. The zero-order chi connectivity index (χ0) is 15.4. The Kier molecular flexibility index (Phi) is 4.45. The average Bonchev–Trinajstić information content (AvgIpc) is 3.15. The minimum absolute atomic E-state index is 0.140. The molecule has 0 spiro atoms. The van der Waals surface area contributed by atoms with Crippen LogP contribution in [-0.4, -0.2) is 23.2 Å². The maximum absolute atomic E-state index is 11.8. The van der Waals surface area contributed by atoms with E-state index in [1.807, 2.05) is 48.7 Å². The number of thiophene rings is 1. The average molecular weight is 331 g/mol. The summed E-state index contributed by atoms with van der Waals surface area (Å²) in [5, 5.41) is 9.19. The summed E-state index contributed by atoms with van der Waals surface area (Å²) in [7, 11) is 0. The van der Waals surface area contributed by atoms with Crippen LogP contribution in [0.5, 0.6) is 0 Å². The lowest BCUT2D eigenvalue weighted by Crippen LogP contribution is -2.17. The summed E-state index contributed by atoms with van der Waals surface area (Å²) >= 11 is 3.01. The number of aromatic nitrogens is 1.